The molecule has 10 heteroatoms. The third-order valence-corrected chi connectivity index (χ3v) is 6.59. The van der Waals surface area contributed by atoms with Gasteiger partial charge in [0.25, 0.3) is 11.5 Å². The van der Waals surface area contributed by atoms with Gasteiger partial charge >= 0.3 is 0 Å². The Morgan fingerprint density at radius 3 is 2.59 bits per heavy atom. The minimum Gasteiger partial charge on any atom is -0.368 e. The number of anilines is 2. The number of carbonyl (C=O) groups is 2. The summed E-state index contributed by atoms with van der Waals surface area (Å²) >= 11 is 0. The summed E-state index contributed by atoms with van der Waals surface area (Å²) in [5, 5.41) is 3.42. The summed E-state index contributed by atoms with van der Waals surface area (Å²) in [4.78, 5) is 50.3. The van der Waals surface area contributed by atoms with Crippen LogP contribution in [0.1, 0.15) is 16.9 Å². The molecule has 2 saturated heterocycles. The Hall–Kier alpha value is -3.79. The number of carbonyl (C=O) groups excluding carboxylic acids is 2. The maximum Gasteiger partial charge on any atom is 0.269 e. The molecule has 2 fully saturated rings. The van der Waals surface area contributed by atoms with E-state index in [4.69, 9.17) is 0 Å². The van der Waals surface area contributed by atoms with Gasteiger partial charge < -0.3 is 15.2 Å². The molecule has 3 aromatic rings. The van der Waals surface area contributed by atoms with Crippen LogP contribution in [0.25, 0.3) is 10.8 Å². The maximum atomic E-state index is 13.5. The first-order valence-electron chi connectivity index (χ1n) is 11.3. The van der Waals surface area contributed by atoms with Crippen LogP contribution in [0, 0.1) is 5.82 Å². The third-order valence-electron chi connectivity index (χ3n) is 6.59. The molecule has 2 amide bonds. The summed E-state index contributed by atoms with van der Waals surface area (Å²) < 4.78 is 13.5. The van der Waals surface area contributed by atoms with Gasteiger partial charge in [0.2, 0.25) is 5.91 Å². The molecule has 4 heterocycles. The first-order valence-corrected chi connectivity index (χ1v) is 11.3. The van der Waals surface area contributed by atoms with Crippen molar-refractivity contribution in [3.8, 4) is 0 Å². The van der Waals surface area contributed by atoms with Gasteiger partial charge in [0.1, 0.15) is 17.3 Å². The molecule has 5 rings (SSSR count). The van der Waals surface area contributed by atoms with Crippen molar-refractivity contribution in [3.63, 3.8) is 0 Å². The van der Waals surface area contributed by atoms with E-state index in [1.807, 2.05) is 6.07 Å². The van der Waals surface area contributed by atoms with Crippen LogP contribution in [-0.2, 0) is 4.79 Å². The van der Waals surface area contributed by atoms with Crippen molar-refractivity contribution in [3.05, 3.63) is 64.5 Å². The molecule has 0 spiro atoms. The van der Waals surface area contributed by atoms with Gasteiger partial charge in [-0.25, -0.2) is 9.37 Å². The van der Waals surface area contributed by atoms with Gasteiger partial charge in [0, 0.05) is 45.2 Å². The van der Waals surface area contributed by atoms with Gasteiger partial charge in [0.15, 0.2) is 0 Å². The highest BCUT2D eigenvalue weighted by molar-refractivity contribution is 6.00. The van der Waals surface area contributed by atoms with Crippen molar-refractivity contribution >= 4 is 34.1 Å². The molecular formula is C24H25FN6O3. The van der Waals surface area contributed by atoms with Crippen LogP contribution >= 0.6 is 0 Å². The maximum absolute atomic E-state index is 13.5. The number of aromatic amines is 1. The lowest BCUT2D eigenvalue weighted by molar-refractivity contribution is -0.121. The summed E-state index contributed by atoms with van der Waals surface area (Å²) in [7, 11) is 1.57. The quantitative estimate of drug-likeness (QED) is 0.605. The minimum atomic E-state index is -0.472. The van der Waals surface area contributed by atoms with Gasteiger partial charge in [-0.2, -0.15) is 0 Å². The van der Waals surface area contributed by atoms with Crippen LogP contribution in [0.5, 0.6) is 0 Å². The van der Waals surface area contributed by atoms with Gasteiger partial charge in [-0.3, -0.25) is 24.2 Å². The second-order valence-electron chi connectivity index (χ2n) is 8.51. The number of fused-ring (bicyclic) bond motifs is 1. The fourth-order valence-electron chi connectivity index (χ4n) is 4.73. The third kappa shape index (κ3) is 4.01. The lowest BCUT2D eigenvalue weighted by Gasteiger charge is -2.38. The number of rotatable bonds is 4. The van der Waals surface area contributed by atoms with Crippen molar-refractivity contribution in [2.45, 2.75) is 12.5 Å². The molecule has 34 heavy (non-hydrogen) atoms. The van der Waals surface area contributed by atoms with Crippen molar-refractivity contribution in [1.29, 1.82) is 0 Å². The molecule has 0 saturated carbocycles. The van der Waals surface area contributed by atoms with Crippen molar-refractivity contribution in [2.75, 3.05) is 49.6 Å². The van der Waals surface area contributed by atoms with E-state index < -0.39 is 11.4 Å². The van der Waals surface area contributed by atoms with E-state index in [0.29, 0.717) is 29.9 Å². The smallest absolute Gasteiger partial charge is 0.269 e. The number of benzene rings is 1. The SMILES string of the molecule is CNC(=O)c1ccc(N2CCN(C3CCN(c4cc5ccc(F)cc5c(=O)[nH]4)C3=O)CC2)cn1. The topological polar surface area (TPSA) is 102 Å². The molecule has 176 valence electrons. The predicted molar refractivity (Wildman–Crippen MR) is 127 cm³/mol. The van der Waals surface area contributed by atoms with Crippen molar-refractivity contribution < 1.29 is 14.0 Å². The summed E-state index contributed by atoms with van der Waals surface area (Å²) in [6, 6.07) is 9.13. The monoisotopic (exact) mass is 464 g/mol. The van der Waals surface area contributed by atoms with Crippen LogP contribution in [0.3, 0.4) is 0 Å². The van der Waals surface area contributed by atoms with Crippen LogP contribution < -0.4 is 20.7 Å². The lowest BCUT2D eigenvalue weighted by atomic mass is 10.1. The van der Waals surface area contributed by atoms with Crippen LogP contribution in [0.4, 0.5) is 15.9 Å². The molecular weight excluding hydrogens is 439 g/mol. The molecule has 2 aliphatic rings. The van der Waals surface area contributed by atoms with Crippen LogP contribution in [0.15, 0.2) is 47.4 Å². The number of hydrogen-bond donors (Lipinski definition) is 2. The van der Waals surface area contributed by atoms with Gasteiger partial charge in [-0.15, -0.1) is 0 Å². The Bertz CT molecular complexity index is 1300. The average molecular weight is 465 g/mol. The molecule has 9 nitrogen and oxygen atoms in total. The first-order chi connectivity index (χ1) is 16.4. The standard InChI is InChI=1S/C24H25FN6O3/c1-26-23(33)19-5-4-17(14-27-19)29-8-10-30(11-9-29)20-6-7-31(24(20)34)21-12-15-2-3-16(25)13-18(15)22(32)28-21/h2-5,12-14,20H,6-11H2,1H3,(H,26,33)(H,28,32). The number of nitrogens with one attached hydrogen (secondary N) is 2. The van der Waals surface area contributed by atoms with E-state index in [1.54, 1.807) is 36.3 Å². The zero-order chi connectivity index (χ0) is 23.8. The molecule has 2 N–H and O–H groups in total. The van der Waals surface area contributed by atoms with E-state index in [0.717, 1.165) is 31.9 Å². The molecule has 1 atom stereocenters. The molecule has 0 radical (unpaired) electrons. The second kappa shape index (κ2) is 8.86. The number of halogens is 1. The summed E-state index contributed by atoms with van der Waals surface area (Å²) in [6.45, 7) is 3.42. The lowest BCUT2D eigenvalue weighted by Crippen LogP contribution is -2.52. The fraction of sp³-hybridized carbons (Fsp3) is 0.333. The summed E-state index contributed by atoms with van der Waals surface area (Å²) in [6.07, 6.45) is 2.37. The van der Waals surface area contributed by atoms with Gasteiger partial charge in [-0.05, 0) is 42.1 Å². The van der Waals surface area contributed by atoms with Crippen molar-refractivity contribution in [2.24, 2.45) is 0 Å². The summed E-state index contributed by atoms with van der Waals surface area (Å²) in [5.74, 6) is -0.291. The first kappa shape index (κ1) is 22.0. The van der Waals surface area contributed by atoms with E-state index in [-0.39, 0.29) is 23.2 Å². The Morgan fingerprint density at radius 1 is 1.09 bits per heavy atom. The largest absolute Gasteiger partial charge is 0.368 e. The number of nitrogens with zero attached hydrogens (tertiary/aromatic N) is 4. The molecule has 0 bridgehead atoms. The molecule has 1 aromatic carbocycles. The normalized spacial score (nSPS) is 19.1. The molecule has 2 aromatic heterocycles. The number of H-pyrrole nitrogens is 1. The fourth-order valence-corrected chi connectivity index (χ4v) is 4.73. The zero-order valence-corrected chi connectivity index (χ0v) is 18.8. The average Bonchev–Trinajstić information content (AvgIpc) is 3.25. The number of hydrogen-bond acceptors (Lipinski definition) is 6. The number of aromatic nitrogens is 2. The predicted octanol–water partition coefficient (Wildman–Crippen LogP) is 1.35. The number of pyridine rings is 2. The zero-order valence-electron chi connectivity index (χ0n) is 18.8. The number of amides is 2. The van der Waals surface area contributed by atoms with E-state index >= 15 is 0 Å². The van der Waals surface area contributed by atoms with Gasteiger partial charge in [-0.1, -0.05) is 6.07 Å². The Morgan fingerprint density at radius 2 is 1.88 bits per heavy atom. The van der Waals surface area contributed by atoms with E-state index in [2.05, 4.69) is 25.1 Å². The molecule has 2 aliphatic heterocycles. The Kier molecular flexibility index (Phi) is 5.74. The highest BCUT2D eigenvalue weighted by Crippen LogP contribution is 2.26. The van der Waals surface area contributed by atoms with Crippen LogP contribution in [-0.4, -0.2) is 72.5 Å². The Balaban J connectivity index is 1.25. The summed E-state index contributed by atoms with van der Waals surface area (Å²) in [5.41, 5.74) is 0.906. The number of piperazine rings is 1. The van der Waals surface area contributed by atoms with E-state index in [9.17, 15) is 18.8 Å². The highest BCUT2D eigenvalue weighted by atomic mass is 19.1. The van der Waals surface area contributed by atoms with Crippen molar-refractivity contribution in [1.82, 2.24) is 20.2 Å². The van der Waals surface area contributed by atoms with Crippen LogP contribution in [0.2, 0.25) is 0 Å². The van der Waals surface area contributed by atoms with E-state index in [1.165, 1.54) is 12.1 Å². The highest BCUT2D eigenvalue weighted by Gasteiger charge is 2.38. The minimum absolute atomic E-state index is 0.0397. The molecule has 0 aliphatic carbocycles. The molecule has 1 unspecified atom stereocenters. The Labute approximate surface area is 195 Å². The second-order valence-corrected chi connectivity index (χ2v) is 8.51. The van der Waals surface area contributed by atoms with Gasteiger partial charge in [0.05, 0.1) is 17.9 Å².